The Morgan fingerprint density at radius 2 is 1.84 bits per heavy atom. The quantitative estimate of drug-likeness (QED) is 0.708. The van der Waals surface area contributed by atoms with Crippen LogP contribution in [0.4, 0.5) is 0 Å². The molecule has 1 nitrogen and oxygen atoms in total. The molecule has 1 aromatic carbocycles. The lowest BCUT2D eigenvalue weighted by Gasteiger charge is -2.25. The van der Waals surface area contributed by atoms with Gasteiger partial charge in [-0.25, -0.2) is 0 Å². The minimum atomic E-state index is 0.125. The highest BCUT2D eigenvalue weighted by Crippen LogP contribution is 2.35. The minimum Gasteiger partial charge on any atom is -0.294 e. The number of carbonyl (C=O) groups excluding carboxylic acids is 1. The molecule has 0 N–H and O–H groups in total. The summed E-state index contributed by atoms with van der Waals surface area (Å²) >= 11 is 0. The zero-order valence-electron chi connectivity index (χ0n) is 12.1. The topological polar surface area (TPSA) is 17.1 Å². The largest absolute Gasteiger partial charge is 0.294 e. The standard InChI is InChI=1S/C18H22O/c1-4-15-11-13(3)18(19)17(16(15)5-2)12-14-9-7-6-8-10-14/h6-10,12-13H,4-5,11H2,1-3H3/b17-12+. The van der Waals surface area contributed by atoms with Crippen LogP contribution < -0.4 is 0 Å². The molecule has 0 aromatic heterocycles. The van der Waals surface area contributed by atoms with Crippen molar-refractivity contribution in [3.63, 3.8) is 0 Å². The summed E-state index contributed by atoms with van der Waals surface area (Å²) in [5, 5.41) is 0. The molecular weight excluding hydrogens is 232 g/mol. The van der Waals surface area contributed by atoms with E-state index in [9.17, 15) is 4.79 Å². The van der Waals surface area contributed by atoms with Crippen molar-refractivity contribution in [3.05, 3.63) is 52.6 Å². The van der Waals surface area contributed by atoms with E-state index in [1.54, 1.807) is 0 Å². The van der Waals surface area contributed by atoms with Crippen LogP contribution in [0.2, 0.25) is 0 Å². The molecule has 1 aliphatic rings. The van der Waals surface area contributed by atoms with Crippen LogP contribution >= 0.6 is 0 Å². The summed E-state index contributed by atoms with van der Waals surface area (Å²) in [4.78, 5) is 12.5. The third kappa shape index (κ3) is 2.86. The maximum atomic E-state index is 12.5. The van der Waals surface area contributed by atoms with E-state index in [1.165, 1.54) is 11.1 Å². The molecule has 1 aromatic rings. The van der Waals surface area contributed by atoms with Crippen molar-refractivity contribution in [2.75, 3.05) is 0 Å². The van der Waals surface area contributed by atoms with Gasteiger partial charge in [-0.15, -0.1) is 0 Å². The maximum Gasteiger partial charge on any atom is 0.166 e. The summed E-state index contributed by atoms with van der Waals surface area (Å²) in [6.45, 7) is 6.38. The van der Waals surface area contributed by atoms with Crippen molar-refractivity contribution < 1.29 is 4.79 Å². The normalized spacial score (nSPS) is 22.2. The Kier molecular flexibility index (Phi) is 4.36. The van der Waals surface area contributed by atoms with Gasteiger partial charge in [-0.3, -0.25) is 4.79 Å². The molecule has 0 spiro atoms. The molecule has 1 heteroatoms. The fourth-order valence-corrected chi connectivity index (χ4v) is 2.86. The van der Waals surface area contributed by atoms with E-state index in [0.717, 1.165) is 30.4 Å². The first-order chi connectivity index (χ1) is 9.17. The lowest BCUT2D eigenvalue weighted by Crippen LogP contribution is -2.21. The fourth-order valence-electron chi connectivity index (χ4n) is 2.86. The Labute approximate surface area is 116 Å². The van der Waals surface area contributed by atoms with E-state index in [2.05, 4.69) is 32.1 Å². The van der Waals surface area contributed by atoms with Crippen LogP contribution in [-0.4, -0.2) is 5.78 Å². The third-order valence-corrected chi connectivity index (χ3v) is 3.91. The molecule has 0 saturated carbocycles. The van der Waals surface area contributed by atoms with E-state index >= 15 is 0 Å². The third-order valence-electron chi connectivity index (χ3n) is 3.91. The Morgan fingerprint density at radius 1 is 1.16 bits per heavy atom. The zero-order chi connectivity index (χ0) is 13.8. The summed E-state index contributed by atoms with van der Waals surface area (Å²) in [6.07, 6.45) is 4.99. The van der Waals surface area contributed by atoms with Gasteiger partial charge in [-0.05, 0) is 36.5 Å². The number of hydrogen-bond donors (Lipinski definition) is 0. The van der Waals surface area contributed by atoms with Crippen molar-refractivity contribution in [1.82, 2.24) is 0 Å². The molecule has 2 rings (SSSR count). The molecule has 0 amide bonds. The number of rotatable bonds is 3. The Hall–Kier alpha value is -1.63. The molecular formula is C18H22O. The van der Waals surface area contributed by atoms with Crippen LogP contribution in [0.3, 0.4) is 0 Å². The first-order valence-corrected chi connectivity index (χ1v) is 7.19. The second-order valence-corrected chi connectivity index (χ2v) is 5.23. The van der Waals surface area contributed by atoms with Crippen LogP contribution in [0.25, 0.3) is 6.08 Å². The maximum absolute atomic E-state index is 12.5. The van der Waals surface area contributed by atoms with Gasteiger partial charge in [0.25, 0.3) is 0 Å². The lowest BCUT2D eigenvalue weighted by atomic mass is 9.78. The molecule has 0 fully saturated rings. The van der Waals surface area contributed by atoms with Crippen molar-refractivity contribution >= 4 is 11.9 Å². The smallest absolute Gasteiger partial charge is 0.166 e. The monoisotopic (exact) mass is 254 g/mol. The average Bonchev–Trinajstić information content (AvgIpc) is 2.44. The van der Waals surface area contributed by atoms with Crippen molar-refractivity contribution in [3.8, 4) is 0 Å². The van der Waals surface area contributed by atoms with Crippen LogP contribution in [0.5, 0.6) is 0 Å². The zero-order valence-corrected chi connectivity index (χ0v) is 12.1. The SMILES string of the molecule is CCC1=C(CC)/C(=C\c2ccccc2)C(=O)C(C)C1. The van der Waals surface area contributed by atoms with E-state index in [1.807, 2.05) is 25.1 Å². The van der Waals surface area contributed by atoms with Gasteiger partial charge in [-0.1, -0.05) is 56.7 Å². The molecule has 0 saturated heterocycles. The van der Waals surface area contributed by atoms with Gasteiger partial charge >= 0.3 is 0 Å². The predicted octanol–water partition coefficient (Wildman–Crippen LogP) is 4.80. The lowest BCUT2D eigenvalue weighted by molar-refractivity contribution is -0.118. The highest BCUT2D eigenvalue weighted by molar-refractivity contribution is 6.06. The second kappa shape index (κ2) is 6.01. The van der Waals surface area contributed by atoms with Gasteiger partial charge in [0.2, 0.25) is 0 Å². The van der Waals surface area contributed by atoms with Gasteiger partial charge in [0.15, 0.2) is 5.78 Å². The van der Waals surface area contributed by atoms with Crippen molar-refractivity contribution in [2.24, 2.45) is 5.92 Å². The first-order valence-electron chi connectivity index (χ1n) is 7.19. The Morgan fingerprint density at radius 3 is 2.42 bits per heavy atom. The number of carbonyl (C=O) groups is 1. The van der Waals surface area contributed by atoms with Crippen LogP contribution in [0.15, 0.2) is 47.1 Å². The average molecular weight is 254 g/mol. The molecule has 0 bridgehead atoms. The molecule has 0 radical (unpaired) electrons. The highest BCUT2D eigenvalue weighted by atomic mass is 16.1. The summed E-state index contributed by atoms with van der Waals surface area (Å²) in [7, 11) is 0. The summed E-state index contributed by atoms with van der Waals surface area (Å²) in [6, 6.07) is 10.1. The van der Waals surface area contributed by atoms with Crippen LogP contribution in [-0.2, 0) is 4.79 Å². The van der Waals surface area contributed by atoms with Gasteiger partial charge in [0.05, 0.1) is 0 Å². The molecule has 19 heavy (non-hydrogen) atoms. The number of hydrogen-bond acceptors (Lipinski definition) is 1. The number of Topliss-reactive ketones (excluding diaryl/α,β-unsaturated/α-hetero) is 1. The number of benzene rings is 1. The molecule has 0 heterocycles. The number of allylic oxidation sites excluding steroid dienone is 3. The van der Waals surface area contributed by atoms with Gasteiger partial charge < -0.3 is 0 Å². The number of ketones is 1. The summed E-state index contributed by atoms with van der Waals surface area (Å²) < 4.78 is 0. The first kappa shape index (κ1) is 13.8. The van der Waals surface area contributed by atoms with Crippen LogP contribution in [0, 0.1) is 5.92 Å². The minimum absolute atomic E-state index is 0.125. The van der Waals surface area contributed by atoms with Gasteiger partial charge in [0, 0.05) is 11.5 Å². The summed E-state index contributed by atoms with van der Waals surface area (Å²) in [5.41, 5.74) is 4.77. The molecule has 1 aliphatic carbocycles. The molecule has 1 unspecified atom stereocenters. The van der Waals surface area contributed by atoms with E-state index in [4.69, 9.17) is 0 Å². The van der Waals surface area contributed by atoms with E-state index in [-0.39, 0.29) is 5.92 Å². The van der Waals surface area contributed by atoms with Crippen LogP contribution in [0.1, 0.15) is 45.6 Å². The second-order valence-electron chi connectivity index (χ2n) is 5.23. The molecule has 0 aliphatic heterocycles. The van der Waals surface area contributed by atoms with E-state index in [0.29, 0.717) is 5.78 Å². The summed E-state index contributed by atoms with van der Waals surface area (Å²) in [5.74, 6) is 0.429. The van der Waals surface area contributed by atoms with Gasteiger partial charge in [-0.2, -0.15) is 0 Å². The molecule has 100 valence electrons. The van der Waals surface area contributed by atoms with Gasteiger partial charge in [0.1, 0.15) is 0 Å². The van der Waals surface area contributed by atoms with Crippen molar-refractivity contribution in [1.29, 1.82) is 0 Å². The highest BCUT2D eigenvalue weighted by Gasteiger charge is 2.27. The molecule has 1 atom stereocenters. The van der Waals surface area contributed by atoms with Crippen molar-refractivity contribution in [2.45, 2.75) is 40.0 Å². The Bertz CT molecular complexity index is 520. The van der Waals surface area contributed by atoms with E-state index < -0.39 is 0 Å². The fraction of sp³-hybridized carbons (Fsp3) is 0.389. The predicted molar refractivity (Wildman–Crippen MR) is 80.8 cm³/mol. The Balaban J connectivity index is 2.51.